The van der Waals surface area contributed by atoms with E-state index in [0.29, 0.717) is 44.0 Å². The fraction of sp³-hybridized carbons (Fsp3) is 0.333. The van der Waals surface area contributed by atoms with E-state index in [1.807, 2.05) is 38.1 Å². The van der Waals surface area contributed by atoms with Gasteiger partial charge in [0.25, 0.3) is 5.91 Å². The molecule has 0 saturated carbocycles. The van der Waals surface area contributed by atoms with Gasteiger partial charge in [0, 0.05) is 44.5 Å². The average Bonchev–Trinajstić information content (AvgIpc) is 3.25. The zero-order valence-corrected chi connectivity index (χ0v) is 17.9. The Labute approximate surface area is 181 Å². The van der Waals surface area contributed by atoms with Gasteiger partial charge in [-0.15, -0.1) is 0 Å². The number of amides is 1. The van der Waals surface area contributed by atoms with Crippen LogP contribution in [0.5, 0.6) is 5.75 Å². The summed E-state index contributed by atoms with van der Waals surface area (Å²) in [5, 5.41) is 4.39. The maximum absolute atomic E-state index is 13.9. The van der Waals surface area contributed by atoms with Gasteiger partial charge in [-0.3, -0.25) is 9.69 Å². The van der Waals surface area contributed by atoms with E-state index in [2.05, 4.69) is 10.00 Å². The molecule has 7 heteroatoms. The molecule has 0 radical (unpaired) electrons. The molecule has 1 amide bonds. The lowest BCUT2D eigenvalue weighted by Gasteiger charge is -2.34. The molecule has 0 aliphatic carbocycles. The van der Waals surface area contributed by atoms with Gasteiger partial charge in [0.05, 0.1) is 0 Å². The van der Waals surface area contributed by atoms with Crippen molar-refractivity contribution in [2.75, 3.05) is 26.2 Å². The summed E-state index contributed by atoms with van der Waals surface area (Å²) in [5.74, 6) is 0.542. The normalized spacial score (nSPS) is 14.6. The van der Waals surface area contributed by atoms with Crippen LogP contribution in [-0.4, -0.2) is 51.7 Å². The first-order valence-corrected chi connectivity index (χ1v) is 10.5. The summed E-state index contributed by atoms with van der Waals surface area (Å²) in [6, 6.07) is 14.6. The van der Waals surface area contributed by atoms with Gasteiger partial charge in [-0.1, -0.05) is 30.3 Å². The molecule has 2 aromatic carbocycles. The largest absolute Gasteiger partial charge is 0.471 e. The molecule has 1 aliphatic rings. The summed E-state index contributed by atoms with van der Waals surface area (Å²) in [4.78, 5) is 16.8. The van der Waals surface area contributed by atoms with Crippen LogP contribution in [0.15, 0.2) is 54.7 Å². The number of carbonyl (C=O) groups excluding carboxylic acids is 1. The quantitative estimate of drug-likeness (QED) is 0.609. The number of nitrogens with zero attached hydrogens (tertiary/aromatic N) is 4. The van der Waals surface area contributed by atoms with E-state index >= 15 is 0 Å². The zero-order chi connectivity index (χ0) is 21.8. The van der Waals surface area contributed by atoms with Crippen LogP contribution in [0.4, 0.5) is 4.39 Å². The predicted octanol–water partition coefficient (Wildman–Crippen LogP) is 3.63. The number of piperazine rings is 1. The van der Waals surface area contributed by atoms with Gasteiger partial charge in [-0.2, -0.15) is 5.10 Å². The number of carbonyl (C=O) groups is 1. The molecule has 0 spiro atoms. The molecule has 31 heavy (non-hydrogen) atoms. The Morgan fingerprint density at radius 2 is 1.84 bits per heavy atom. The summed E-state index contributed by atoms with van der Waals surface area (Å²) < 4.78 is 21.4. The Morgan fingerprint density at radius 1 is 1.06 bits per heavy atom. The van der Waals surface area contributed by atoms with Crippen LogP contribution in [0.1, 0.15) is 27.2 Å². The second-order valence-electron chi connectivity index (χ2n) is 7.94. The van der Waals surface area contributed by atoms with Crippen molar-refractivity contribution in [1.82, 2.24) is 19.6 Å². The lowest BCUT2D eigenvalue weighted by Crippen LogP contribution is -2.48. The molecule has 3 aromatic rings. The summed E-state index contributed by atoms with van der Waals surface area (Å²) in [7, 11) is 0. The van der Waals surface area contributed by atoms with Gasteiger partial charge in [0.1, 0.15) is 11.6 Å². The van der Waals surface area contributed by atoms with E-state index in [4.69, 9.17) is 4.74 Å². The molecule has 0 atom stereocenters. The number of hydrogen-bond acceptors (Lipinski definition) is 4. The van der Waals surface area contributed by atoms with Gasteiger partial charge >= 0.3 is 0 Å². The van der Waals surface area contributed by atoms with Gasteiger partial charge < -0.3 is 9.64 Å². The molecule has 0 N–H and O–H groups in total. The van der Waals surface area contributed by atoms with Gasteiger partial charge in [-0.05, 0) is 43.2 Å². The van der Waals surface area contributed by atoms with Crippen LogP contribution >= 0.6 is 0 Å². The topological polar surface area (TPSA) is 50.6 Å². The van der Waals surface area contributed by atoms with Crippen LogP contribution in [0.2, 0.25) is 0 Å². The molecule has 2 heterocycles. The van der Waals surface area contributed by atoms with Gasteiger partial charge in [0.2, 0.25) is 0 Å². The second-order valence-corrected chi connectivity index (χ2v) is 7.94. The lowest BCUT2D eigenvalue weighted by atomic mass is 10.1. The standard InChI is InChI=1S/C24H27FN4O2/c1-18-7-8-19(2)23(15-18)31-17-29-10-9-22(26-29)24(30)28-13-11-27(12-14-28)16-20-5-3-4-6-21(20)25/h3-10,15H,11-14,16-17H2,1-2H3. The molecule has 1 saturated heterocycles. The molecule has 0 bridgehead atoms. The van der Waals surface area contributed by atoms with E-state index in [0.717, 1.165) is 16.9 Å². The summed E-state index contributed by atoms with van der Waals surface area (Å²) >= 11 is 0. The molecule has 0 unspecified atom stereocenters. The zero-order valence-electron chi connectivity index (χ0n) is 17.9. The Morgan fingerprint density at radius 3 is 2.61 bits per heavy atom. The maximum atomic E-state index is 13.9. The minimum absolute atomic E-state index is 0.0870. The van der Waals surface area contributed by atoms with E-state index in [1.54, 1.807) is 34.0 Å². The second kappa shape index (κ2) is 9.31. The fourth-order valence-corrected chi connectivity index (χ4v) is 3.68. The Bertz CT molecular complexity index is 1060. The van der Waals surface area contributed by atoms with Crippen LogP contribution in [-0.2, 0) is 13.3 Å². The van der Waals surface area contributed by atoms with E-state index < -0.39 is 0 Å². The molecule has 4 rings (SSSR count). The first kappa shape index (κ1) is 21.1. The first-order chi connectivity index (χ1) is 15.0. The number of rotatable bonds is 6. The lowest BCUT2D eigenvalue weighted by molar-refractivity contribution is 0.0619. The third-order valence-corrected chi connectivity index (χ3v) is 5.57. The van der Waals surface area contributed by atoms with Crippen LogP contribution in [0.3, 0.4) is 0 Å². The van der Waals surface area contributed by atoms with E-state index in [-0.39, 0.29) is 18.5 Å². The van der Waals surface area contributed by atoms with Crippen LogP contribution in [0, 0.1) is 19.7 Å². The highest BCUT2D eigenvalue weighted by Gasteiger charge is 2.24. The highest BCUT2D eigenvalue weighted by Crippen LogP contribution is 2.19. The van der Waals surface area contributed by atoms with Crippen LogP contribution in [0.25, 0.3) is 0 Å². The molecular formula is C24H27FN4O2. The van der Waals surface area contributed by atoms with Gasteiger partial charge in [-0.25, -0.2) is 9.07 Å². The monoisotopic (exact) mass is 422 g/mol. The van der Waals surface area contributed by atoms with Crippen molar-refractivity contribution in [1.29, 1.82) is 0 Å². The average molecular weight is 423 g/mol. The van der Waals surface area contributed by atoms with Crippen molar-refractivity contribution < 1.29 is 13.9 Å². The Balaban J connectivity index is 1.30. The minimum atomic E-state index is -0.186. The van der Waals surface area contributed by atoms with E-state index in [9.17, 15) is 9.18 Å². The maximum Gasteiger partial charge on any atom is 0.274 e. The fourth-order valence-electron chi connectivity index (χ4n) is 3.68. The molecule has 1 aliphatic heterocycles. The third-order valence-electron chi connectivity index (χ3n) is 5.57. The van der Waals surface area contributed by atoms with Crippen LogP contribution < -0.4 is 4.74 Å². The molecular weight excluding hydrogens is 395 g/mol. The van der Waals surface area contributed by atoms with Crippen molar-refractivity contribution in [2.24, 2.45) is 0 Å². The molecule has 1 aromatic heterocycles. The number of benzene rings is 2. The third kappa shape index (κ3) is 5.11. The molecule has 1 fully saturated rings. The van der Waals surface area contributed by atoms with Crippen molar-refractivity contribution in [3.05, 3.63) is 82.9 Å². The first-order valence-electron chi connectivity index (χ1n) is 10.5. The number of ether oxygens (including phenoxy) is 1. The highest BCUT2D eigenvalue weighted by atomic mass is 19.1. The predicted molar refractivity (Wildman–Crippen MR) is 116 cm³/mol. The van der Waals surface area contributed by atoms with Crippen molar-refractivity contribution >= 4 is 5.91 Å². The number of aryl methyl sites for hydroxylation is 2. The van der Waals surface area contributed by atoms with Crippen molar-refractivity contribution in [2.45, 2.75) is 27.1 Å². The highest BCUT2D eigenvalue weighted by molar-refractivity contribution is 5.92. The van der Waals surface area contributed by atoms with E-state index in [1.165, 1.54) is 6.07 Å². The van der Waals surface area contributed by atoms with Crippen molar-refractivity contribution in [3.63, 3.8) is 0 Å². The van der Waals surface area contributed by atoms with Crippen molar-refractivity contribution in [3.8, 4) is 5.75 Å². The smallest absolute Gasteiger partial charge is 0.274 e. The summed E-state index contributed by atoms with van der Waals surface area (Å²) in [6.07, 6.45) is 1.76. The number of aromatic nitrogens is 2. The summed E-state index contributed by atoms with van der Waals surface area (Å²) in [5.41, 5.74) is 3.28. The number of halogens is 1. The minimum Gasteiger partial charge on any atom is -0.471 e. The van der Waals surface area contributed by atoms with Gasteiger partial charge in [0.15, 0.2) is 12.4 Å². The Kier molecular flexibility index (Phi) is 6.32. The number of hydrogen-bond donors (Lipinski definition) is 0. The summed E-state index contributed by atoms with van der Waals surface area (Å²) in [6.45, 7) is 7.42. The molecule has 6 nitrogen and oxygen atoms in total. The SMILES string of the molecule is Cc1ccc(C)c(OCn2ccc(C(=O)N3CCN(Cc4ccccc4F)CC3)n2)c1. The molecule has 162 valence electrons. The Hall–Kier alpha value is -3.19.